The van der Waals surface area contributed by atoms with Crippen molar-refractivity contribution in [1.29, 1.82) is 0 Å². The number of hydrogen-bond acceptors (Lipinski definition) is 2. The average molecular weight is 299 g/mol. The number of hydrogen-bond donors (Lipinski definition) is 0. The molecule has 20 heavy (non-hydrogen) atoms. The van der Waals surface area contributed by atoms with Crippen molar-refractivity contribution in [3.8, 4) is 0 Å². The summed E-state index contributed by atoms with van der Waals surface area (Å²) in [5, 5.41) is 0. The van der Waals surface area contributed by atoms with Gasteiger partial charge in [0.2, 0.25) is 5.91 Å². The standard InChI is InChI=1S/C16H27ClN2O/c1-7-8-19(14(20)11-17)13-9-15(2,3)12-16(4,10-13)18(5)6/h7,10H,1,8-9,11-12H2,2-6H3. The van der Waals surface area contributed by atoms with Crippen LogP contribution in [0.3, 0.4) is 0 Å². The van der Waals surface area contributed by atoms with Crippen LogP contribution in [0.5, 0.6) is 0 Å². The Kier molecular flexibility index (Phi) is 5.45. The van der Waals surface area contributed by atoms with E-state index in [1.165, 1.54) is 0 Å². The molecule has 0 N–H and O–H groups in total. The summed E-state index contributed by atoms with van der Waals surface area (Å²) in [6.07, 6.45) is 5.91. The minimum Gasteiger partial charge on any atom is -0.312 e. The highest BCUT2D eigenvalue weighted by Gasteiger charge is 2.39. The van der Waals surface area contributed by atoms with Gasteiger partial charge in [-0.1, -0.05) is 19.9 Å². The molecule has 3 nitrogen and oxygen atoms in total. The second-order valence-corrected chi connectivity index (χ2v) is 7.10. The number of allylic oxidation sites excluding steroid dienone is 1. The van der Waals surface area contributed by atoms with Gasteiger partial charge >= 0.3 is 0 Å². The van der Waals surface area contributed by atoms with Crippen molar-refractivity contribution in [2.75, 3.05) is 26.5 Å². The molecule has 1 aliphatic carbocycles. The summed E-state index contributed by atoms with van der Waals surface area (Å²) in [7, 11) is 4.16. The van der Waals surface area contributed by atoms with E-state index in [0.717, 1.165) is 18.5 Å². The molecule has 1 rings (SSSR count). The Bertz CT molecular complexity index is 415. The van der Waals surface area contributed by atoms with E-state index in [2.05, 4.69) is 52.4 Å². The Morgan fingerprint density at radius 1 is 1.45 bits per heavy atom. The maximum absolute atomic E-state index is 12.1. The van der Waals surface area contributed by atoms with E-state index in [-0.39, 0.29) is 22.7 Å². The van der Waals surface area contributed by atoms with Gasteiger partial charge in [-0.15, -0.1) is 18.2 Å². The van der Waals surface area contributed by atoms with Gasteiger partial charge in [-0.3, -0.25) is 4.79 Å². The highest BCUT2D eigenvalue weighted by molar-refractivity contribution is 6.27. The molecule has 114 valence electrons. The second-order valence-electron chi connectivity index (χ2n) is 6.83. The molecule has 0 heterocycles. The highest BCUT2D eigenvalue weighted by atomic mass is 35.5. The molecule has 4 heteroatoms. The minimum absolute atomic E-state index is 0.00425. The van der Waals surface area contributed by atoms with Gasteiger partial charge in [-0.25, -0.2) is 0 Å². The number of amides is 1. The molecule has 0 saturated carbocycles. The summed E-state index contributed by atoms with van der Waals surface area (Å²) >= 11 is 5.74. The first kappa shape index (κ1) is 17.3. The lowest BCUT2D eigenvalue weighted by Gasteiger charge is -2.46. The number of rotatable bonds is 5. The first-order valence-electron chi connectivity index (χ1n) is 7.01. The first-order chi connectivity index (χ1) is 9.15. The Morgan fingerprint density at radius 2 is 2.05 bits per heavy atom. The fraction of sp³-hybridized carbons (Fsp3) is 0.688. The molecule has 0 spiro atoms. The van der Waals surface area contributed by atoms with Gasteiger partial charge in [-0.2, -0.15) is 0 Å². The number of halogens is 1. The van der Waals surface area contributed by atoms with Crippen LogP contribution in [0, 0.1) is 5.41 Å². The molecule has 0 aromatic carbocycles. The number of carbonyl (C=O) groups is 1. The normalized spacial score (nSPS) is 25.2. The smallest absolute Gasteiger partial charge is 0.241 e. The van der Waals surface area contributed by atoms with Crippen LogP contribution in [0.4, 0.5) is 0 Å². The van der Waals surface area contributed by atoms with Crippen molar-refractivity contribution in [3.63, 3.8) is 0 Å². The van der Waals surface area contributed by atoms with Crippen molar-refractivity contribution < 1.29 is 4.79 Å². The lowest BCUT2D eigenvalue weighted by Crippen LogP contribution is -2.48. The van der Waals surface area contributed by atoms with Crippen molar-refractivity contribution in [2.24, 2.45) is 5.41 Å². The summed E-state index contributed by atoms with van der Waals surface area (Å²) in [6.45, 7) is 11.0. The molecule has 0 aliphatic heterocycles. The van der Waals surface area contributed by atoms with Crippen LogP contribution >= 0.6 is 11.6 Å². The monoisotopic (exact) mass is 298 g/mol. The summed E-state index contributed by atoms with van der Waals surface area (Å²) in [4.78, 5) is 16.1. The molecule has 0 fully saturated rings. The van der Waals surface area contributed by atoms with Crippen LogP contribution in [0.25, 0.3) is 0 Å². The van der Waals surface area contributed by atoms with Crippen molar-refractivity contribution >= 4 is 17.5 Å². The van der Waals surface area contributed by atoms with E-state index >= 15 is 0 Å². The van der Waals surface area contributed by atoms with Gasteiger partial charge in [0.25, 0.3) is 0 Å². The lowest BCUT2D eigenvalue weighted by atomic mass is 9.70. The van der Waals surface area contributed by atoms with Crippen molar-refractivity contribution in [3.05, 3.63) is 24.4 Å². The predicted octanol–water partition coefficient (Wildman–Crippen LogP) is 3.26. The topological polar surface area (TPSA) is 23.6 Å². The van der Waals surface area contributed by atoms with Gasteiger partial charge in [-0.05, 0) is 45.4 Å². The van der Waals surface area contributed by atoms with Crippen LogP contribution in [0.15, 0.2) is 24.4 Å². The Morgan fingerprint density at radius 3 is 2.50 bits per heavy atom. The third-order valence-electron chi connectivity index (χ3n) is 4.07. The molecule has 0 aromatic heterocycles. The molecule has 1 atom stereocenters. The number of likely N-dealkylation sites (N-methyl/N-ethyl adjacent to an activating group) is 1. The molecule has 0 radical (unpaired) electrons. The quantitative estimate of drug-likeness (QED) is 0.574. The fourth-order valence-corrected chi connectivity index (χ4v) is 3.17. The third-order valence-corrected chi connectivity index (χ3v) is 4.30. The Hall–Kier alpha value is -0.800. The van der Waals surface area contributed by atoms with E-state index in [1.807, 2.05) is 0 Å². The van der Waals surface area contributed by atoms with E-state index in [9.17, 15) is 4.79 Å². The first-order valence-corrected chi connectivity index (χ1v) is 7.55. The number of alkyl halides is 1. The number of nitrogens with zero attached hydrogens (tertiary/aromatic N) is 2. The largest absolute Gasteiger partial charge is 0.312 e. The van der Waals surface area contributed by atoms with Crippen LogP contribution in [-0.2, 0) is 4.79 Å². The second kappa shape index (κ2) is 6.31. The summed E-state index contributed by atoms with van der Waals surface area (Å²) in [5.74, 6) is -0.0544. The molecule has 0 bridgehead atoms. The summed E-state index contributed by atoms with van der Waals surface area (Å²) < 4.78 is 0. The average Bonchev–Trinajstić information content (AvgIpc) is 2.32. The maximum Gasteiger partial charge on any atom is 0.241 e. The maximum atomic E-state index is 12.1. The van der Waals surface area contributed by atoms with Gasteiger partial charge in [0, 0.05) is 17.8 Å². The van der Waals surface area contributed by atoms with Gasteiger partial charge in [0.15, 0.2) is 0 Å². The molecule has 1 amide bonds. The third kappa shape index (κ3) is 3.86. The van der Waals surface area contributed by atoms with Crippen molar-refractivity contribution in [1.82, 2.24) is 9.80 Å². The van der Waals surface area contributed by atoms with E-state index in [4.69, 9.17) is 11.6 Å². The molecular formula is C16H27ClN2O. The van der Waals surface area contributed by atoms with Crippen LogP contribution < -0.4 is 0 Å². The van der Waals surface area contributed by atoms with E-state index < -0.39 is 0 Å². The van der Waals surface area contributed by atoms with E-state index in [1.54, 1.807) is 11.0 Å². The predicted molar refractivity (Wildman–Crippen MR) is 85.8 cm³/mol. The molecule has 0 aromatic rings. The van der Waals surface area contributed by atoms with Gasteiger partial charge in [0.05, 0.1) is 0 Å². The summed E-state index contributed by atoms with van der Waals surface area (Å²) in [5.41, 5.74) is 1.15. The Balaban J connectivity index is 3.20. The number of carbonyl (C=O) groups excluding carboxylic acids is 1. The van der Waals surface area contributed by atoms with Crippen LogP contribution in [0.1, 0.15) is 33.6 Å². The lowest BCUT2D eigenvalue weighted by molar-refractivity contribution is -0.126. The molecule has 1 unspecified atom stereocenters. The van der Waals surface area contributed by atoms with Gasteiger partial charge < -0.3 is 9.80 Å². The fourth-order valence-electron chi connectivity index (χ4n) is 3.02. The molecule has 0 saturated heterocycles. The zero-order chi connectivity index (χ0) is 15.6. The minimum atomic E-state index is -0.0587. The zero-order valence-corrected chi connectivity index (χ0v) is 14.1. The SMILES string of the molecule is C=CCN(C(=O)CCl)C1=CC(C)(N(C)C)CC(C)(C)C1. The highest BCUT2D eigenvalue weighted by Crippen LogP contribution is 2.43. The van der Waals surface area contributed by atoms with Crippen LogP contribution in [-0.4, -0.2) is 47.8 Å². The van der Waals surface area contributed by atoms with Gasteiger partial charge in [0.1, 0.15) is 5.88 Å². The Labute approximate surface area is 128 Å². The zero-order valence-electron chi connectivity index (χ0n) is 13.4. The van der Waals surface area contributed by atoms with Crippen molar-refractivity contribution in [2.45, 2.75) is 39.2 Å². The van der Waals surface area contributed by atoms with E-state index in [0.29, 0.717) is 6.54 Å². The molecule has 1 aliphatic rings. The van der Waals surface area contributed by atoms with Crippen LogP contribution in [0.2, 0.25) is 0 Å². The molecular weight excluding hydrogens is 272 g/mol. The summed E-state index contributed by atoms with van der Waals surface area (Å²) in [6, 6.07) is 0.